The first-order valence-electron chi connectivity index (χ1n) is 3.24. The van der Waals surface area contributed by atoms with Crippen LogP contribution in [0.2, 0.25) is 6.82 Å². The lowest BCUT2D eigenvalue weighted by Crippen LogP contribution is -2.22. The van der Waals surface area contributed by atoms with Gasteiger partial charge in [0.25, 0.3) is 0 Å². The van der Waals surface area contributed by atoms with Gasteiger partial charge in [0.15, 0.2) is 0 Å². The van der Waals surface area contributed by atoms with Gasteiger partial charge in [-0.25, -0.2) is 0 Å². The quantitative estimate of drug-likeness (QED) is 0.435. The molecule has 0 bridgehead atoms. The molecular formula is C5H14BNO2. The monoisotopic (exact) mass is 131 g/mol. The van der Waals surface area contributed by atoms with Crippen LogP contribution in [0.3, 0.4) is 0 Å². The molecule has 0 fully saturated rings. The molecule has 4 heteroatoms. The van der Waals surface area contributed by atoms with Crippen molar-refractivity contribution < 1.29 is 9.31 Å². The lowest BCUT2D eigenvalue weighted by Gasteiger charge is -2.06. The van der Waals surface area contributed by atoms with Crippen molar-refractivity contribution in [2.24, 2.45) is 5.73 Å². The highest BCUT2D eigenvalue weighted by Gasteiger charge is 2.06. The van der Waals surface area contributed by atoms with Crippen LogP contribution in [0.15, 0.2) is 0 Å². The fraction of sp³-hybridized carbons (Fsp3) is 1.00. The minimum atomic E-state index is -0.157. The molecule has 0 atom stereocenters. The Morgan fingerprint density at radius 1 is 1.44 bits per heavy atom. The van der Waals surface area contributed by atoms with Crippen LogP contribution in [-0.4, -0.2) is 20.5 Å². The van der Waals surface area contributed by atoms with Crippen molar-refractivity contribution in [3.8, 4) is 0 Å². The predicted molar refractivity (Wildman–Crippen MR) is 38.0 cm³/mol. The van der Waals surface area contributed by atoms with Gasteiger partial charge in [-0.05, 0) is 13.2 Å². The molecule has 0 aliphatic heterocycles. The van der Waals surface area contributed by atoms with Crippen LogP contribution in [0.25, 0.3) is 0 Å². The van der Waals surface area contributed by atoms with Crippen LogP contribution in [-0.2, 0) is 9.31 Å². The maximum atomic E-state index is 5.13. The molecule has 0 rings (SSSR count). The molecule has 0 radical (unpaired) electrons. The van der Waals surface area contributed by atoms with Gasteiger partial charge in [0, 0.05) is 6.61 Å². The zero-order valence-electron chi connectivity index (χ0n) is 6.09. The fourth-order valence-electron chi connectivity index (χ4n) is 0.467. The molecule has 0 saturated heterocycles. The molecule has 3 nitrogen and oxygen atoms in total. The Hall–Kier alpha value is -0.0551. The topological polar surface area (TPSA) is 44.5 Å². The summed E-state index contributed by atoms with van der Waals surface area (Å²) in [6.45, 7) is 4.85. The van der Waals surface area contributed by atoms with E-state index < -0.39 is 0 Å². The number of hydrogen-bond acceptors (Lipinski definition) is 3. The Bertz CT molecular complexity index is 62.9. The van der Waals surface area contributed by atoms with Gasteiger partial charge in [0.1, 0.15) is 0 Å². The zero-order chi connectivity index (χ0) is 7.11. The first kappa shape index (κ1) is 8.94. The van der Waals surface area contributed by atoms with Gasteiger partial charge in [-0.2, -0.15) is 0 Å². The van der Waals surface area contributed by atoms with Crippen molar-refractivity contribution in [1.82, 2.24) is 0 Å². The first-order chi connectivity index (χ1) is 4.31. The molecular weight excluding hydrogens is 117 g/mol. The van der Waals surface area contributed by atoms with Gasteiger partial charge in [0.2, 0.25) is 0 Å². The number of rotatable bonds is 5. The minimum absolute atomic E-state index is 0.157. The van der Waals surface area contributed by atoms with E-state index in [4.69, 9.17) is 15.0 Å². The van der Waals surface area contributed by atoms with Crippen molar-refractivity contribution in [3.63, 3.8) is 0 Å². The summed E-state index contributed by atoms with van der Waals surface area (Å²) >= 11 is 0. The van der Waals surface area contributed by atoms with Gasteiger partial charge < -0.3 is 15.0 Å². The number of nitrogens with two attached hydrogens (primary N) is 1. The molecule has 0 aliphatic rings. The van der Waals surface area contributed by atoms with E-state index in [9.17, 15) is 0 Å². The average molecular weight is 131 g/mol. The van der Waals surface area contributed by atoms with Crippen LogP contribution in [0.5, 0.6) is 0 Å². The van der Waals surface area contributed by atoms with Gasteiger partial charge in [-0.15, -0.1) is 0 Å². The van der Waals surface area contributed by atoms with Crippen LogP contribution >= 0.6 is 0 Å². The zero-order valence-corrected chi connectivity index (χ0v) is 6.09. The highest BCUT2D eigenvalue weighted by molar-refractivity contribution is 6.42. The van der Waals surface area contributed by atoms with Crippen molar-refractivity contribution in [1.29, 1.82) is 0 Å². The highest BCUT2D eigenvalue weighted by Crippen LogP contribution is 1.87. The van der Waals surface area contributed by atoms with Crippen molar-refractivity contribution in [3.05, 3.63) is 0 Å². The molecule has 0 aliphatic carbocycles. The third-order valence-corrected chi connectivity index (χ3v) is 0.888. The molecule has 0 amide bonds. The SMILES string of the molecule is CCCOB(C)OCN. The van der Waals surface area contributed by atoms with Gasteiger partial charge in [-0.3, -0.25) is 0 Å². The molecule has 0 aromatic rings. The Morgan fingerprint density at radius 2 is 2.11 bits per heavy atom. The Balaban J connectivity index is 2.95. The molecule has 0 heterocycles. The fourth-order valence-corrected chi connectivity index (χ4v) is 0.467. The maximum absolute atomic E-state index is 5.13. The summed E-state index contributed by atoms with van der Waals surface area (Å²) in [6, 6.07) is 0. The predicted octanol–water partition coefficient (Wildman–Crippen LogP) is 0.464. The summed E-state index contributed by atoms with van der Waals surface area (Å²) in [5.41, 5.74) is 5.10. The van der Waals surface area contributed by atoms with E-state index in [1.54, 1.807) is 0 Å². The van der Waals surface area contributed by atoms with E-state index >= 15 is 0 Å². The molecule has 2 N–H and O–H groups in total. The van der Waals surface area contributed by atoms with E-state index in [1.807, 2.05) is 6.82 Å². The Kier molecular flexibility index (Phi) is 6.03. The first-order valence-corrected chi connectivity index (χ1v) is 3.24. The van der Waals surface area contributed by atoms with Gasteiger partial charge in [-0.1, -0.05) is 6.92 Å². The molecule has 9 heavy (non-hydrogen) atoms. The van der Waals surface area contributed by atoms with Crippen molar-refractivity contribution >= 4 is 7.12 Å². The highest BCUT2D eigenvalue weighted by atomic mass is 16.6. The maximum Gasteiger partial charge on any atom is 0.454 e. The lowest BCUT2D eigenvalue weighted by molar-refractivity contribution is 0.206. The second-order valence-electron chi connectivity index (χ2n) is 1.77. The summed E-state index contributed by atoms with van der Waals surface area (Å²) in [7, 11) is -0.157. The van der Waals surface area contributed by atoms with E-state index in [-0.39, 0.29) is 13.8 Å². The second kappa shape index (κ2) is 6.07. The normalized spacial score (nSPS) is 9.67. The Labute approximate surface area is 56.7 Å². The summed E-state index contributed by atoms with van der Waals surface area (Å²) in [5.74, 6) is 0. The molecule has 0 spiro atoms. The van der Waals surface area contributed by atoms with Crippen LogP contribution in [0.1, 0.15) is 13.3 Å². The minimum Gasteiger partial charge on any atom is -0.411 e. The van der Waals surface area contributed by atoms with Crippen molar-refractivity contribution in [2.75, 3.05) is 13.3 Å². The van der Waals surface area contributed by atoms with E-state index in [0.29, 0.717) is 0 Å². The van der Waals surface area contributed by atoms with Gasteiger partial charge >= 0.3 is 7.12 Å². The largest absolute Gasteiger partial charge is 0.454 e. The van der Waals surface area contributed by atoms with Crippen LogP contribution < -0.4 is 5.73 Å². The van der Waals surface area contributed by atoms with Gasteiger partial charge in [0.05, 0.1) is 6.73 Å². The van der Waals surface area contributed by atoms with Crippen molar-refractivity contribution in [2.45, 2.75) is 20.2 Å². The lowest BCUT2D eigenvalue weighted by atomic mass is 9.96. The van der Waals surface area contributed by atoms with E-state index in [1.165, 1.54) is 0 Å². The smallest absolute Gasteiger partial charge is 0.411 e. The Morgan fingerprint density at radius 3 is 2.56 bits per heavy atom. The van der Waals surface area contributed by atoms with Crippen LogP contribution in [0.4, 0.5) is 0 Å². The third kappa shape index (κ3) is 5.82. The second-order valence-corrected chi connectivity index (χ2v) is 1.77. The molecule has 0 aromatic heterocycles. The third-order valence-electron chi connectivity index (χ3n) is 0.888. The van der Waals surface area contributed by atoms with E-state index in [2.05, 4.69) is 6.92 Å². The molecule has 0 unspecified atom stereocenters. The summed E-state index contributed by atoms with van der Waals surface area (Å²) < 4.78 is 10.0. The molecule has 0 aromatic carbocycles. The summed E-state index contributed by atoms with van der Waals surface area (Å²) in [6.07, 6.45) is 1.01. The average Bonchev–Trinajstić information content (AvgIpc) is 1.85. The summed E-state index contributed by atoms with van der Waals surface area (Å²) in [5, 5.41) is 0. The summed E-state index contributed by atoms with van der Waals surface area (Å²) in [4.78, 5) is 0. The molecule has 54 valence electrons. The number of hydrogen-bond donors (Lipinski definition) is 1. The standard InChI is InChI=1S/C5H14BNO2/c1-3-4-8-6(2)9-5-7/h3-5,7H2,1-2H3. The van der Waals surface area contributed by atoms with Crippen LogP contribution in [0, 0.1) is 0 Å². The molecule has 0 saturated carbocycles. The van der Waals surface area contributed by atoms with E-state index in [0.717, 1.165) is 13.0 Å².